The van der Waals surface area contributed by atoms with Gasteiger partial charge in [-0.1, -0.05) is 33.6 Å². The van der Waals surface area contributed by atoms with E-state index in [4.69, 9.17) is 22.1 Å². The number of halogens is 2. The van der Waals surface area contributed by atoms with E-state index in [1.54, 1.807) is 0 Å². The molecule has 0 saturated heterocycles. The van der Waals surface area contributed by atoms with E-state index >= 15 is 0 Å². The Balaban J connectivity index is 2.11. The summed E-state index contributed by atoms with van der Waals surface area (Å²) >= 11 is 9.50. The summed E-state index contributed by atoms with van der Waals surface area (Å²) < 4.78 is 6.70. The van der Waals surface area contributed by atoms with Gasteiger partial charge in [0.25, 0.3) is 0 Å². The Labute approximate surface area is 120 Å². The lowest BCUT2D eigenvalue weighted by molar-refractivity contribution is 0.304. The molecule has 0 heterocycles. The molecule has 2 rings (SSSR count). The number of nitrogens with two attached hydrogens (primary N) is 1. The first-order chi connectivity index (χ1) is 8.56. The van der Waals surface area contributed by atoms with Gasteiger partial charge in [-0.05, 0) is 42.8 Å². The van der Waals surface area contributed by atoms with Crippen LogP contribution in [0.1, 0.15) is 11.1 Å². The predicted molar refractivity (Wildman–Crippen MR) is 79.1 cm³/mol. The second kappa shape index (κ2) is 5.63. The molecule has 0 unspecified atom stereocenters. The SMILES string of the molecule is Cc1cc(N)ccc1OCc1ccc(Br)cc1Cl. The van der Waals surface area contributed by atoms with Crippen LogP contribution in [0, 0.1) is 6.92 Å². The fourth-order valence-corrected chi connectivity index (χ4v) is 2.36. The average Bonchev–Trinajstić information content (AvgIpc) is 2.30. The number of aryl methyl sites for hydroxylation is 1. The molecular weight excluding hydrogens is 314 g/mol. The van der Waals surface area contributed by atoms with Crippen molar-refractivity contribution in [1.29, 1.82) is 0 Å². The molecule has 2 aromatic rings. The molecule has 0 saturated carbocycles. The van der Waals surface area contributed by atoms with Gasteiger partial charge >= 0.3 is 0 Å². The average molecular weight is 327 g/mol. The van der Waals surface area contributed by atoms with Crippen molar-refractivity contribution in [3.8, 4) is 5.75 Å². The maximum absolute atomic E-state index is 6.13. The van der Waals surface area contributed by atoms with Gasteiger partial charge in [-0.3, -0.25) is 0 Å². The highest BCUT2D eigenvalue weighted by Crippen LogP contribution is 2.25. The lowest BCUT2D eigenvalue weighted by atomic mass is 10.2. The highest BCUT2D eigenvalue weighted by molar-refractivity contribution is 9.10. The molecule has 0 atom stereocenters. The van der Waals surface area contributed by atoms with E-state index in [0.29, 0.717) is 11.6 Å². The molecular formula is C14H13BrClNO. The summed E-state index contributed by atoms with van der Waals surface area (Å²) in [5.41, 5.74) is 8.40. The number of benzene rings is 2. The topological polar surface area (TPSA) is 35.2 Å². The van der Waals surface area contributed by atoms with Crippen molar-refractivity contribution in [2.24, 2.45) is 0 Å². The normalized spacial score (nSPS) is 10.4. The number of nitrogen functional groups attached to an aromatic ring is 1. The largest absolute Gasteiger partial charge is 0.489 e. The van der Waals surface area contributed by atoms with E-state index in [1.807, 2.05) is 43.3 Å². The number of anilines is 1. The quantitative estimate of drug-likeness (QED) is 0.838. The Morgan fingerprint density at radius 3 is 2.67 bits per heavy atom. The summed E-state index contributed by atoms with van der Waals surface area (Å²) in [6.07, 6.45) is 0. The van der Waals surface area contributed by atoms with Crippen LogP contribution in [0.4, 0.5) is 5.69 Å². The minimum absolute atomic E-state index is 0.441. The molecule has 0 amide bonds. The number of ether oxygens (including phenoxy) is 1. The first-order valence-corrected chi connectivity index (χ1v) is 6.66. The summed E-state index contributed by atoms with van der Waals surface area (Å²) in [7, 11) is 0. The van der Waals surface area contributed by atoms with Crippen LogP contribution in [0.2, 0.25) is 5.02 Å². The van der Waals surface area contributed by atoms with Gasteiger partial charge < -0.3 is 10.5 Å². The van der Waals surface area contributed by atoms with Gasteiger partial charge in [0, 0.05) is 20.7 Å². The lowest BCUT2D eigenvalue weighted by Gasteiger charge is -2.11. The molecule has 2 nitrogen and oxygen atoms in total. The first kappa shape index (κ1) is 13.2. The zero-order chi connectivity index (χ0) is 13.1. The molecule has 0 spiro atoms. The Morgan fingerprint density at radius 1 is 1.22 bits per heavy atom. The van der Waals surface area contributed by atoms with Crippen LogP contribution in [0.5, 0.6) is 5.75 Å². The minimum atomic E-state index is 0.441. The maximum Gasteiger partial charge on any atom is 0.122 e. The molecule has 4 heteroatoms. The number of hydrogen-bond donors (Lipinski definition) is 1. The molecule has 0 aromatic heterocycles. The van der Waals surface area contributed by atoms with Gasteiger partial charge in [0.05, 0.1) is 0 Å². The van der Waals surface area contributed by atoms with E-state index in [0.717, 1.165) is 27.0 Å². The summed E-state index contributed by atoms with van der Waals surface area (Å²) in [6, 6.07) is 11.3. The molecule has 2 N–H and O–H groups in total. The third kappa shape index (κ3) is 3.18. The zero-order valence-corrected chi connectivity index (χ0v) is 12.3. The minimum Gasteiger partial charge on any atom is -0.489 e. The van der Waals surface area contributed by atoms with Crippen molar-refractivity contribution in [1.82, 2.24) is 0 Å². The molecule has 0 fully saturated rings. The number of hydrogen-bond acceptors (Lipinski definition) is 2. The summed E-state index contributed by atoms with van der Waals surface area (Å²) in [5, 5.41) is 0.692. The molecule has 2 aromatic carbocycles. The van der Waals surface area contributed by atoms with Crippen LogP contribution in [0.15, 0.2) is 40.9 Å². The smallest absolute Gasteiger partial charge is 0.122 e. The number of rotatable bonds is 3. The second-order valence-corrected chi connectivity index (χ2v) is 5.37. The molecule has 18 heavy (non-hydrogen) atoms. The van der Waals surface area contributed by atoms with E-state index in [2.05, 4.69) is 15.9 Å². The van der Waals surface area contributed by atoms with Gasteiger partial charge in [-0.15, -0.1) is 0 Å². The monoisotopic (exact) mass is 325 g/mol. The molecule has 0 radical (unpaired) electrons. The Morgan fingerprint density at radius 2 is 2.00 bits per heavy atom. The lowest BCUT2D eigenvalue weighted by Crippen LogP contribution is -1.98. The summed E-state index contributed by atoms with van der Waals surface area (Å²) in [4.78, 5) is 0. The fraction of sp³-hybridized carbons (Fsp3) is 0.143. The molecule has 0 aliphatic carbocycles. The van der Waals surface area contributed by atoms with Gasteiger partial charge in [-0.25, -0.2) is 0 Å². The second-order valence-electron chi connectivity index (χ2n) is 4.05. The Hall–Kier alpha value is -1.19. The molecule has 94 valence electrons. The van der Waals surface area contributed by atoms with Crippen LogP contribution in [0.3, 0.4) is 0 Å². The highest BCUT2D eigenvalue weighted by atomic mass is 79.9. The standard InChI is InChI=1S/C14H13BrClNO/c1-9-6-12(17)4-5-14(9)18-8-10-2-3-11(15)7-13(10)16/h2-7H,8,17H2,1H3. The summed E-state index contributed by atoms with van der Waals surface area (Å²) in [5.74, 6) is 0.822. The van der Waals surface area contributed by atoms with Crippen LogP contribution in [0.25, 0.3) is 0 Å². The first-order valence-electron chi connectivity index (χ1n) is 5.49. The summed E-state index contributed by atoms with van der Waals surface area (Å²) in [6.45, 7) is 2.41. The zero-order valence-electron chi connectivity index (χ0n) is 9.91. The van der Waals surface area contributed by atoms with Crippen molar-refractivity contribution >= 4 is 33.2 Å². The van der Waals surface area contributed by atoms with Gasteiger partial charge in [0.15, 0.2) is 0 Å². The Kier molecular flexibility index (Phi) is 4.15. The van der Waals surface area contributed by atoms with Crippen molar-refractivity contribution in [2.75, 3.05) is 5.73 Å². The fourth-order valence-electron chi connectivity index (χ4n) is 1.63. The molecule has 0 aliphatic rings. The third-order valence-corrected chi connectivity index (χ3v) is 3.44. The van der Waals surface area contributed by atoms with Gasteiger partial charge in [-0.2, -0.15) is 0 Å². The highest BCUT2D eigenvalue weighted by Gasteiger charge is 2.04. The van der Waals surface area contributed by atoms with Crippen LogP contribution >= 0.6 is 27.5 Å². The maximum atomic E-state index is 6.13. The molecule has 0 aliphatic heterocycles. The van der Waals surface area contributed by atoms with E-state index in [-0.39, 0.29) is 0 Å². The van der Waals surface area contributed by atoms with Crippen LogP contribution in [-0.2, 0) is 6.61 Å². The van der Waals surface area contributed by atoms with Gasteiger partial charge in [0.2, 0.25) is 0 Å². The third-order valence-electron chi connectivity index (χ3n) is 2.60. The van der Waals surface area contributed by atoms with E-state index in [1.165, 1.54) is 0 Å². The van der Waals surface area contributed by atoms with E-state index in [9.17, 15) is 0 Å². The van der Waals surface area contributed by atoms with Crippen molar-refractivity contribution < 1.29 is 4.74 Å². The molecule has 0 bridgehead atoms. The van der Waals surface area contributed by atoms with Crippen molar-refractivity contribution in [3.63, 3.8) is 0 Å². The van der Waals surface area contributed by atoms with Crippen molar-refractivity contribution in [2.45, 2.75) is 13.5 Å². The van der Waals surface area contributed by atoms with Crippen LogP contribution in [-0.4, -0.2) is 0 Å². The van der Waals surface area contributed by atoms with E-state index < -0.39 is 0 Å². The predicted octanol–water partition coefficient (Wildman–Crippen LogP) is 4.57. The van der Waals surface area contributed by atoms with Crippen LogP contribution < -0.4 is 10.5 Å². The van der Waals surface area contributed by atoms with Crippen molar-refractivity contribution in [3.05, 3.63) is 57.0 Å². The van der Waals surface area contributed by atoms with Gasteiger partial charge in [0.1, 0.15) is 12.4 Å². The Bertz CT molecular complexity index is 520.